The van der Waals surface area contributed by atoms with Crippen LogP contribution in [0.4, 0.5) is 0 Å². The van der Waals surface area contributed by atoms with Crippen molar-refractivity contribution in [3.05, 3.63) is 69.8 Å². The number of methoxy groups -OCH3 is 3. The first-order valence-corrected chi connectivity index (χ1v) is 25.9. The van der Waals surface area contributed by atoms with Gasteiger partial charge in [-0.05, 0) is 255 Å². The highest BCUT2D eigenvalue weighted by Crippen LogP contribution is 2.64. The summed E-state index contributed by atoms with van der Waals surface area (Å²) in [6.45, 7) is 6.91. The third kappa shape index (κ3) is 7.32. The molecule has 0 amide bonds. The number of phenols is 3. The van der Waals surface area contributed by atoms with Crippen LogP contribution in [0.15, 0.2) is 36.4 Å². The van der Waals surface area contributed by atoms with E-state index < -0.39 is 0 Å². The summed E-state index contributed by atoms with van der Waals surface area (Å²) in [7, 11) is 4.85. The molecule has 15 atom stereocenters. The lowest BCUT2D eigenvalue weighted by atomic mass is 9.55. The Morgan fingerprint density at radius 2 is 0.667 bits per heavy atom. The van der Waals surface area contributed by atoms with E-state index in [9.17, 15) is 30.6 Å². The number of aliphatic hydroxyl groups excluding tert-OH is 3. The van der Waals surface area contributed by atoms with Crippen molar-refractivity contribution in [2.75, 3.05) is 21.3 Å². The second-order valence-electron chi connectivity index (χ2n) is 23.3. The first-order chi connectivity index (χ1) is 31.6. The van der Waals surface area contributed by atoms with Crippen LogP contribution in [0.1, 0.15) is 168 Å². The first-order valence-electron chi connectivity index (χ1n) is 25.9. The fourth-order valence-corrected chi connectivity index (χ4v) is 17.2. The average molecular weight is 907 g/mol. The molecule has 0 aliphatic heterocycles. The fourth-order valence-electron chi connectivity index (χ4n) is 17.2. The molecule has 0 saturated heterocycles. The van der Waals surface area contributed by atoms with Crippen LogP contribution in [0.5, 0.6) is 34.5 Å². The molecule has 0 bridgehead atoms. The molecule has 9 aliphatic rings. The van der Waals surface area contributed by atoms with Crippen LogP contribution in [0.3, 0.4) is 0 Å². The molecule has 0 spiro atoms. The van der Waals surface area contributed by atoms with Crippen molar-refractivity contribution in [3.63, 3.8) is 0 Å². The summed E-state index contributed by atoms with van der Waals surface area (Å²) in [4.78, 5) is 0. The van der Waals surface area contributed by atoms with Gasteiger partial charge in [-0.2, -0.15) is 0 Å². The molecule has 9 nitrogen and oxygen atoms in total. The molecular formula is C57H78O9. The van der Waals surface area contributed by atoms with Crippen LogP contribution in [0, 0.1) is 51.8 Å². The quantitative estimate of drug-likeness (QED) is 0.151. The maximum Gasteiger partial charge on any atom is 0.160 e. The summed E-state index contributed by atoms with van der Waals surface area (Å²) >= 11 is 0. The Hall–Kier alpha value is -3.66. The van der Waals surface area contributed by atoms with Crippen molar-refractivity contribution >= 4 is 0 Å². The van der Waals surface area contributed by atoms with E-state index >= 15 is 0 Å². The smallest absolute Gasteiger partial charge is 0.160 e. The van der Waals surface area contributed by atoms with Gasteiger partial charge in [0.05, 0.1) is 39.6 Å². The van der Waals surface area contributed by atoms with Crippen LogP contribution in [0.25, 0.3) is 0 Å². The van der Waals surface area contributed by atoms with Crippen LogP contribution in [-0.2, 0) is 19.3 Å². The molecule has 6 saturated carbocycles. The number of aryl methyl sites for hydroxylation is 3. The van der Waals surface area contributed by atoms with Gasteiger partial charge in [0, 0.05) is 0 Å². The van der Waals surface area contributed by atoms with Crippen molar-refractivity contribution in [2.45, 2.75) is 172 Å². The Balaban J connectivity index is 0.000000116. The topological polar surface area (TPSA) is 149 Å². The van der Waals surface area contributed by atoms with Gasteiger partial charge in [0.15, 0.2) is 34.5 Å². The number of hydrogen-bond acceptors (Lipinski definition) is 9. The second kappa shape index (κ2) is 17.4. The number of rotatable bonds is 3. The van der Waals surface area contributed by atoms with E-state index in [0.717, 1.165) is 77.0 Å². The van der Waals surface area contributed by atoms with Gasteiger partial charge in [-0.25, -0.2) is 0 Å². The van der Waals surface area contributed by atoms with Crippen LogP contribution >= 0.6 is 0 Å². The Morgan fingerprint density at radius 3 is 0.924 bits per heavy atom. The maximum absolute atomic E-state index is 10.4. The molecular weight excluding hydrogens is 829 g/mol. The lowest BCUT2D eigenvalue weighted by Gasteiger charge is -2.50. The number of aromatic hydroxyl groups is 3. The third-order valence-corrected chi connectivity index (χ3v) is 20.9. The zero-order valence-electron chi connectivity index (χ0n) is 40.5. The van der Waals surface area contributed by atoms with Crippen molar-refractivity contribution in [1.29, 1.82) is 0 Å². The highest BCUT2D eigenvalue weighted by molar-refractivity contribution is 5.51. The van der Waals surface area contributed by atoms with Gasteiger partial charge in [-0.15, -0.1) is 0 Å². The van der Waals surface area contributed by atoms with Crippen molar-refractivity contribution in [3.8, 4) is 34.5 Å². The summed E-state index contributed by atoms with van der Waals surface area (Å²) in [5, 5.41) is 61.4. The van der Waals surface area contributed by atoms with Gasteiger partial charge in [0.1, 0.15) is 0 Å². The number of phenolic OH excluding ortho intramolecular Hbond substituents is 3. The normalized spacial score (nSPS) is 39.8. The molecule has 66 heavy (non-hydrogen) atoms. The summed E-state index contributed by atoms with van der Waals surface area (Å²) in [6.07, 6.45) is 19.5. The van der Waals surface area contributed by atoms with Crippen molar-refractivity contribution in [2.24, 2.45) is 51.8 Å². The van der Waals surface area contributed by atoms with Crippen LogP contribution < -0.4 is 14.2 Å². The lowest BCUT2D eigenvalue weighted by molar-refractivity contribution is -0.0226. The zero-order valence-corrected chi connectivity index (χ0v) is 40.5. The number of benzene rings is 3. The molecule has 9 heteroatoms. The highest BCUT2D eigenvalue weighted by atomic mass is 16.5. The molecule has 0 unspecified atom stereocenters. The first kappa shape index (κ1) is 46.1. The molecule has 6 N–H and O–H groups in total. The third-order valence-electron chi connectivity index (χ3n) is 20.9. The number of aliphatic hydroxyl groups is 3. The summed E-state index contributed by atoms with van der Waals surface area (Å²) in [5.41, 5.74) is 8.40. The van der Waals surface area contributed by atoms with Gasteiger partial charge in [-0.3, -0.25) is 0 Å². The van der Waals surface area contributed by atoms with Gasteiger partial charge in [0.2, 0.25) is 0 Å². The van der Waals surface area contributed by atoms with E-state index in [2.05, 4.69) is 39.0 Å². The summed E-state index contributed by atoms with van der Waals surface area (Å²) < 4.78 is 16.0. The molecule has 0 heterocycles. The molecule has 360 valence electrons. The van der Waals surface area contributed by atoms with Crippen LogP contribution in [0.2, 0.25) is 0 Å². The SMILES string of the molecule is COc1cc2c(cc1O)CC[C@@H]1[C@@H]2CC[C@]2(C)[C@@H](O)CC[C@@H]12.COc1cc2c(cc1O)CC[C@@H]1[C@@H]2CC[C@]2(C)[C@@H](O)CC[C@@H]12.COc1cc2c(cc1O)CC[C@@H]1[C@@H]2CC[C@]2(C)[C@@H](O)CC[C@@H]12. The van der Waals surface area contributed by atoms with E-state index in [4.69, 9.17) is 14.2 Å². The minimum Gasteiger partial charge on any atom is -0.504 e. The highest BCUT2D eigenvalue weighted by Gasteiger charge is 2.57. The van der Waals surface area contributed by atoms with E-state index in [0.29, 0.717) is 70.5 Å². The molecule has 0 aromatic heterocycles. The largest absolute Gasteiger partial charge is 0.504 e. The summed E-state index contributed by atoms with van der Waals surface area (Å²) in [6, 6.07) is 11.9. The Kier molecular flexibility index (Phi) is 12.1. The lowest BCUT2D eigenvalue weighted by Crippen LogP contribution is -2.43. The summed E-state index contributed by atoms with van der Waals surface area (Å²) in [5.74, 6) is 8.26. The molecule has 12 rings (SSSR count). The van der Waals surface area contributed by atoms with Gasteiger partial charge in [-0.1, -0.05) is 20.8 Å². The van der Waals surface area contributed by atoms with E-state index in [1.165, 1.54) is 71.9 Å². The van der Waals surface area contributed by atoms with E-state index in [1.54, 1.807) is 21.3 Å². The van der Waals surface area contributed by atoms with Crippen molar-refractivity contribution < 1.29 is 44.8 Å². The Morgan fingerprint density at radius 1 is 0.394 bits per heavy atom. The molecule has 0 radical (unpaired) electrons. The minimum atomic E-state index is -0.116. The van der Waals surface area contributed by atoms with Gasteiger partial charge < -0.3 is 44.8 Å². The number of hydrogen-bond donors (Lipinski definition) is 6. The average Bonchev–Trinajstić information content (AvgIpc) is 3.92. The molecule has 6 fully saturated rings. The second-order valence-corrected chi connectivity index (χ2v) is 23.3. The Bertz CT molecular complexity index is 2040. The van der Waals surface area contributed by atoms with E-state index in [-0.39, 0.29) is 51.8 Å². The van der Waals surface area contributed by atoms with E-state index in [1.807, 2.05) is 18.2 Å². The standard InChI is InChI=1S/3C19H26O3/c3*1-19-8-7-12-13(15(19)5-6-18(19)21)4-3-11-9-16(20)17(22-2)10-14(11)12/h3*9-10,12-13,15,18,20-21H,3-8H2,1-2H3/t3*12-,13+,15-,18-,19-/m000/s1. The monoisotopic (exact) mass is 907 g/mol. The number of ether oxygens (including phenoxy) is 3. The predicted molar refractivity (Wildman–Crippen MR) is 256 cm³/mol. The molecule has 9 aliphatic carbocycles. The fraction of sp³-hybridized carbons (Fsp3) is 0.684. The van der Waals surface area contributed by atoms with Crippen molar-refractivity contribution in [1.82, 2.24) is 0 Å². The minimum absolute atomic E-state index is 0.116. The molecule has 3 aromatic rings. The number of fused-ring (bicyclic) bond motifs is 15. The predicted octanol–water partition coefficient (Wildman–Crippen LogP) is 10.9. The maximum atomic E-state index is 10.4. The van der Waals surface area contributed by atoms with Crippen LogP contribution in [-0.4, -0.2) is 70.3 Å². The Labute approximate surface area is 393 Å². The van der Waals surface area contributed by atoms with Gasteiger partial charge in [0.25, 0.3) is 0 Å². The molecule has 3 aromatic carbocycles. The van der Waals surface area contributed by atoms with Gasteiger partial charge >= 0.3 is 0 Å². The zero-order chi connectivity index (χ0) is 46.4.